The Morgan fingerprint density at radius 2 is 1.60 bits per heavy atom. The van der Waals surface area contributed by atoms with Crippen molar-refractivity contribution < 1.29 is 24.2 Å². The summed E-state index contributed by atoms with van der Waals surface area (Å²) in [6.07, 6.45) is 5.65. The molecule has 7 atom stereocenters. The summed E-state index contributed by atoms with van der Waals surface area (Å²) < 4.78 is 7.12. The summed E-state index contributed by atoms with van der Waals surface area (Å²) in [5.74, 6) is -2.49. The number of hydrogen-bond donors (Lipinski definition) is 1. The van der Waals surface area contributed by atoms with Crippen LogP contribution in [0, 0.1) is 17.8 Å². The van der Waals surface area contributed by atoms with Gasteiger partial charge in [0.15, 0.2) is 0 Å². The Balaban J connectivity index is 1.62. The summed E-state index contributed by atoms with van der Waals surface area (Å²) in [7, 11) is 0. The molecule has 2 bridgehead atoms. The lowest BCUT2D eigenvalue weighted by Gasteiger charge is -2.41. The third-order valence-corrected chi connectivity index (χ3v) is 11.7. The number of amides is 3. The number of hydrogen-bond acceptors (Lipinski definition) is 6. The van der Waals surface area contributed by atoms with Gasteiger partial charge in [0.25, 0.3) is 5.91 Å². The highest BCUT2D eigenvalue weighted by Gasteiger charge is 2.79. The molecule has 50 heavy (non-hydrogen) atoms. The number of nitrogens with zero attached hydrogens (tertiary/aromatic N) is 4. The quantitative estimate of drug-likeness (QED) is 0.211. The van der Waals surface area contributed by atoms with E-state index in [0.717, 1.165) is 24.3 Å². The molecule has 3 heterocycles. The summed E-state index contributed by atoms with van der Waals surface area (Å²) in [4.78, 5) is 52.4. The van der Waals surface area contributed by atoms with Crippen molar-refractivity contribution in [1.29, 1.82) is 0 Å². The van der Waals surface area contributed by atoms with Crippen LogP contribution in [0.1, 0.15) is 65.9 Å². The van der Waals surface area contributed by atoms with Crippen LogP contribution in [-0.2, 0) is 25.7 Å². The van der Waals surface area contributed by atoms with Crippen molar-refractivity contribution in [2.24, 2.45) is 17.8 Å². The van der Waals surface area contributed by atoms with Crippen molar-refractivity contribution in [1.82, 2.24) is 9.80 Å². The predicted molar refractivity (Wildman–Crippen MR) is 199 cm³/mol. The molecule has 1 spiro atoms. The van der Waals surface area contributed by atoms with E-state index in [-0.39, 0.29) is 36.8 Å². The van der Waals surface area contributed by atoms with Crippen molar-refractivity contribution >= 4 is 29.1 Å². The maximum absolute atomic E-state index is 15.2. The van der Waals surface area contributed by atoms with E-state index in [1.54, 1.807) is 26.9 Å². The van der Waals surface area contributed by atoms with Crippen molar-refractivity contribution in [3.63, 3.8) is 0 Å². The highest BCUT2D eigenvalue weighted by atomic mass is 16.5. The molecule has 2 aromatic carbocycles. The summed E-state index contributed by atoms with van der Waals surface area (Å²) in [6, 6.07) is 16.0. The molecule has 1 N–H and O–H groups in total. The average Bonchev–Trinajstić information content (AvgIpc) is 3.75. The minimum atomic E-state index is -1.22. The molecule has 270 valence electrons. The highest BCUT2D eigenvalue weighted by molar-refractivity contribution is 6.05. The summed E-state index contributed by atoms with van der Waals surface area (Å²) in [5.41, 5.74) is 0.606. The first-order valence-electron chi connectivity index (χ1n) is 18.5. The van der Waals surface area contributed by atoms with E-state index in [4.69, 9.17) is 4.74 Å². The van der Waals surface area contributed by atoms with Crippen molar-refractivity contribution in [3.05, 3.63) is 85.5 Å². The van der Waals surface area contributed by atoms with Gasteiger partial charge in [0.2, 0.25) is 11.8 Å². The second kappa shape index (κ2) is 15.5. The molecule has 2 unspecified atom stereocenters. The van der Waals surface area contributed by atoms with Crippen LogP contribution in [0.15, 0.2) is 79.9 Å². The van der Waals surface area contributed by atoms with Gasteiger partial charge in [-0.2, -0.15) is 0 Å². The van der Waals surface area contributed by atoms with E-state index in [9.17, 15) is 9.90 Å². The van der Waals surface area contributed by atoms with Crippen molar-refractivity contribution in [3.8, 4) is 0 Å². The third-order valence-electron chi connectivity index (χ3n) is 11.7. The van der Waals surface area contributed by atoms with Crippen LogP contribution in [0.25, 0.3) is 0 Å². The molecule has 0 aliphatic carbocycles. The van der Waals surface area contributed by atoms with Gasteiger partial charge in [-0.05, 0) is 68.9 Å². The van der Waals surface area contributed by atoms with Crippen LogP contribution in [-0.4, -0.2) is 88.7 Å². The summed E-state index contributed by atoms with van der Waals surface area (Å²) in [5, 5.41) is 10.9. The maximum atomic E-state index is 15.2. The number of aliphatic hydroxyl groups is 1. The van der Waals surface area contributed by atoms with Gasteiger partial charge in [-0.3, -0.25) is 14.4 Å². The molecule has 3 aliphatic rings. The molecule has 2 aromatic rings. The lowest BCUT2D eigenvalue weighted by atomic mass is 9.64. The first kappa shape index (κ1) is 37.3. The van der Waals surface area contributed by atoms with Gasteiger partial charge in [0.1, 0.15) is 11.6 Å². The predicted octanol–water partition coefficient (Wildman–Crippen LogP) is 5.83. The number of carbonyl (C=O) groups excluding carboxylic acids is 3. The van der Waals surface area contributed by atoms with Gasteiger partial charge in [0.05, 0.1) is 30.1 Å². The SMILES string of the molecule is C=CCN(Cc1ccccc1)C(=O)[C@H]1[C@H]2C(=O)N([C@@H](CO)[C@@H](C)CC)C(C(=O)N(CC=C)c3ccc(N(CC)CC)cc3)C23CC[C@]1(CC)O3. The largest absolute Gasteiger partial charge is 0.394 e. The fraction of sp³-hybridized carbons (Fsp3) is 0.537. The van der Waals surface area contributed by atoms with Crippen LogP contribution in [0.5, 0.6) is 0 Å². The number of anilines is 2. The van der Waals surface area contributed by atoms with E-state index >= 15 is 9.59 Å². The molecule has 5 rings (SSSR count). The first-order valence-corrected chi connectivity index (χ1v) is 18.5. The zero-order valence-electron chi connectivity index (χ0n) is 30.6. The maximum Gasteiger partial charge on any atom is 0.253 e. The van der Waals surface area contributed by atoms with Crippen molar-refractivity contribution in [2.45, 2.75) is 90.1 Å². The fourth-order valence-electron chi connectivity index (χ4n) is 8.90. The second-order valence-electron chi connectivity index (χ2n) is 14.1. The lowest BCUT2D eigenvalue weighted by molar-refractivity contribution is -0.154. The highest BCUT2D eigenvalue weighted by Crippen LogP contribution is 2.65. The molecule has 0 aromatic heterocycles. The molecule has 3 amide bonds. The molecule has 0 radical (unpaired) electrons. The first-order chi connectivity index (χ1) is 24.1. The van der Waals surface area contributed by atoms with Crippen LogP contribution in [0.2, 0.25) is 0 Å². The van der Waals surface area contributed by atoms with Gasteiger partial charge in [-0.15, -0.1) is 13.2 Å². The van der Waals surface area contributed by atoms with E-state index in [1.165, 1.54) is 0 Å². The zero-order chi connectivity index (χ0) is 36.2. The Morgan fingerprint density at radius 3 is 2.16 bits per heavy atom. The standard InChI is InChI=1S/C41H56N4O5/c1-8-25-43(27-30-17-15-14-16-18-30)37(47)34-35-38(48)45(33(28-46)29(7)10-3)36(41(35)24-23-40(34,11-4)50-41)39(49)44(26-9-2)32-21-19-31(20-22-32)42(12-5)13-6/h8-9,14-22,29,33-36,46H,1-2,10-13,23-28H2,3-7H3/t29-,33-,34+,35-,36?,40-,41?/m0/s1. The Labute approximate surface area is 298 Å². The topological polar surface area (TPSA) is 93.6 Å². The smallest absolute Gasteiger partial charge is 0.253 e. The average molecular weight is 685 g/mol. The molecular formula is C41H56N4O5. The van der Waals surface area contributed by atoms with E-state index in [1.807, 2.05) is 75.4 Å². The number of fused-ring (bicyclic) bond motifs is 1. The Hall–Kier alpha value is -3.95. The minimum Gasteiger partial charge on any atom is -0.394 e. The lowest BCUT2D eigenvalue weighted by Crippen LogP contribution is -2.60. The van der Waals surface area contributed by atoms with Crippen LogP contribution in [0.4, 0.5) is 11.4 Å². The minimum absolute atomic E-state index is 0.0995. The van der Waals surface area contributed by atoms with Crippen LogP contribution < -0.4 is 9.80 Å². The molecule has 3 saturated heterocycles. The number of rotatable bonds is 17. The zero-order valence-corrected chi connectivity index (χ0v) is 30.6. The third kappa shape index (κ3) is 6.28. The molecule has 9 nitrogen and oxygen atoms in total. The normalized spacial score (nSPS) is 26.3. The Bertz CT molecular complexity index is 1530. The van der Waals surface area contributed by atoms with E-state index < -0.39 is 35.1 Å². The molecule has 9 heteroatoms. The van der Waals surface area contributed by atoms with Crippen LogP contribution in [0.3, 0.4) is 0 Å². The summed E-state index contributed by atoms with van der Waals surface area (Å²) >= 11 is 0. The number of likely N-dealkylation sites (tertiary alicyclic amines) is 1. The van der Waals surface area contributed by atoms with Gasteiger partial charge < -0.3 is 29.4 Å². The number of carbonyl (C=O) groups is 3. The van der Waals surface area contributed by atoms with Gasteiger partial charge >= 0.3 is 0 Å². The number of benzene rings is 2. The second-order valence-corrected chi connectivity index (χ2v) is 14.1. The molecule has 3 fully saturated rings. The van der Waals surface area contributed by atoms with Gasteiger partial charge in [0, 0.05) is 44.1 Å². The number of ether oxygens (including phenoxy) is 1. The summed E-state index contributed by atoms with van der Waals surface area (Å²) in [6.45, 7) is 20.4. The molecule has 3 aliphatic heterocycles. The van der Waals surface area contributed by atoms with Crippen LogP contribution >= 0.6 is 0 Å². The fourth-order valence-corrected chi connectivity index (χ4v) is 8.90. The van der Waals surface area contributed by atoms with E-state index in [2.05, 4.69) is 31.9 Å². The number of aliphatic hydroxyl groups excluding tert-OH is 1. The van der Waals surface area contributed by atoms with Crippen molar-refractivity contribution in [2.75, 3.05) is 42.6 Å². The Morgan fingerprint density at radius 1 is 0.960 bits per heavy atom. The Kier molecular flexibility index (Phi) is 11.6. The van der Waals surface area contributed by atoms with Gasteiger partial charge in [-0.1, -0.05) is 69.7 Å². The molecular weight excluding hydrogens is 628 g/mol. The molecule has 0 saturated carbocycles. The van der Waals surface area contributed by atoms with Gasteiger partial charge in [-0.25, -0.2) is 0 Å². The monoisotopic (exact) mass is 684 g/mol. The van der Waals surface area contributed by atoms with E-state index in [0.29, 0.717) is 44.5 Å².